The van der Waals surface area contributed by atoms with Crippen LogP contribution in [-0.4, -0.2) is 35.3 Å². The smallest absolute Gasteiger partial charge is 0.374 e. The topological polar surface area (TPSA) is 50.7 Å². The van der Waals surface area contributed by atoms with E-state index in [-0.39, 0.29) is 35.4 Å². The Kier molecular flexibility index (Phi) is 7.21. The van der Waals surface area contributed by atoms with Gasteiger partial charge in [-0.2, -0.15) is 38.1 Å². The fourth-order valence-electron chi connectivity index (χ4n) is 4.32. The Morgan fingerprint density at radius 3 is 2.41 bits per heavy atom. The standard InChI is InChI=1S/C24H20ClF7N2O2S/c1-11-5-12(3-4-16(11)21(35)33-14-8-15(9-14)37-2)19-10-22(36-34-19,24(30,31)32)17-6-13(23(27,28)29)7-18(25)20(17)26/h3-7,14-15H,8-10H2,1-2H3,(H,33,35). The van der Waals surface area contributed by atoms with Crippen molar-refractivity contribution in [1.29, 1.82) is 0 Å². The van der Waals surface area contributed by atoms with Gasteiger partial charge in [-0.25, -0.2) is 4.39 Å². The molecule has 1 heterocycles. The lowest BCUT2D eigenvalue weighted by atomic mass is 9.85. The zero-order valence-corrected chi connectivity index (χ0v) is 20.9. The van der Waals surface area contributed by atoms with Crippen LogP contribution in [0.25, 0.3) is 0 Å². The molecule has 4 nitrogen and oxygen atoms in total. The van der Waals surface area contributed by atoms with E-state index in [1.807, 2.05) is 6.26 Å². The normalized spacial score (nSPS) is 23.8. The molecule has 200 valence electrons. The molecule has 1 aliphatic heterocycles. The minimum Gasteiger partial charge on any atom is -0.374 e. The summed E-state index contributed by atoms with van der Waals surface area (Å²) in [6, 6.07) is 4.48. The summed E-state index contributed by atoms with van der Waals surface area (Å²) in [7, 11) is 0. The number of amides is 1. The van der Waals surface area contributed by atoms with Gasteiger partial charge in [0, 0.05) is 22.4 Å². The van der Waals surface area contributed by atoms with Gasteiger partial charge in [-0.05, 0) is 61.4 Å². The lowest BCUT2D eigenvalue weighted by Gasteiger charge is -2.34. The summed E-state index contributed by atoms with van der Waals surface area (Å²) in [5.41, 5.74) is -5.89. The number of alkyl halides is 6. The van der Waals surface area contributed by atoms with Gasteiger partial charge in [0.2, 0.25) is 0 Å². The average molecular weight is 569 g/mol. The number of carbonyl (C=O) groups is 1. The highest BCUT2D eigenvalue weighted by Gasteiger charge is 2.64. The number of hydrogen-bond acceptors (Lipinski definition) is 4. The summed E-state index contributed by atoms with van der Waals surface area (Å²) >= 11 is 7.25. The Morgan fingerprint density at radius 1 is 1.16 bits per heavy atom. The molecule has 1 amide bonds. The van der Waals surface area contributed by atoms with Crippen LogP contribution in [0.5, 0.6) is 0 Å². The number of oxime groups is 1. The Hall–Kier alpha value is -2.47. The number of carbonyl (C=O) groups excluding carboxylic acids is 1. The third-order valence-electron chi connectivity index (χ3n) is 6.54. The Labute approximate surface area is 216 Å². The van der Waals surface area contributed by atoms with Crippen LogP contribution in [0.2, 0.25) is 5.02 Å². The fraction of sp³-hybridized carbons (Fsp3) is 0.417. The van der Waals surface area contributed by atoms with Crippen LogP contribution in [0.15, 0.2) is 35.5 Å². The molecule has 2 aromatic rings. The van der Waals surface area contributed by atoms with Crippen LogP contribution < -0.4 is 5.32 Å². The van der Waals surface area contributed by atoms with Crippen LogP contribution in [0.1, 0.15) is 51.9 Å². The van der Waals surface area contributed by atoms with Crippen molar-refractivity contribution >= 4 is 35.0 Å². The molecule has 0 saturated heterocycles. The first kappa shape index (κ1) is 27.6. The monoisotopic (exact) mass is 568 g/mol. The van der Waals surface area contributed by atoms with Crippen LogP contribution in [0.3, 0.4) is 0 Å². The number of nitrogens with zero attached hydrogens (tertiary/aromatic N) is 1. The summed E-state index contributed by atoms with van der Waals surface area (Å²) in [6.07, 6.45) is -7.86. The molecule has 1 atom stereocenters. The zero-order valence-electron chi connectivity index (χ0n) is 19.4. The second kappa shape index (κ2) is 9.68. The van der Waals surface area contributed by atoms with Crippen molar-refractivity contribution < 1.29 is 40.4 Å². The van der Waals surface area contributed by atoms with Crippen molar-refractivity contribution in [3.8, 4) is 0 Å². The first-order valence-corrected chi connectivity index (χ1v) is 12.7. The maximum absolute atomic E-state index is 14.7. The van der Waals surface area contributed by atoms with E-state index in [9.17, 15) is 35.5 Å². The third kappa shape index (κ3) is 5.14. The molecule has 1 fully saturated rings. The molecule has 1 N–H and O–H groups in total. The molecule has 0 bridgehead atoms. The Morgan fingerprint density at radius 2 is 1.84 bits per heavy atom. The van der Waals surface area contributed by atoms with Gasteiger partial charge in [0.15, 0.2) is 0 Å². The van der Waals surface area contributed by atoms with Crippen molar-refractivity contribution in [2.24, 2.45) is 5.16 Å². The molecule has 37 heavy (non-hydrogen) atoms. The number of thioether (sulfide) groups is 1. The lowest BCUT2D eigenvalue weighted by molar-refractivity contribution is -0.276. The molecular weight excluding hydrogens is 549 g/mol. The van der Waals surface area contributed by atoms with Gasteiger partial charge >= 0.3 is 12.4 Å². The Bertz CT molecular complexity index is 1260. The second-order valence-electron chi connectivity index (χ2n) is 8.98. The largest absolute Gasteiger partial charge is 0.435 e. The summed E-state index contributed by atoms with van der Waals surface area (Å²) < 4.78 is 97.3. The van der Waals surface area contributed by atoms with Gasteiger partial charge in [0.05, 0.1) is 22.7 Å². The summed E-state index contributed by atoms with van der Waals surface area (Å²) in [6.45, 7) is 1.59. The maximum Gasteiger partial charge on any atom is 0.435 e. The van der Waals surface area contributed by atoms with Gasteiger partial charge in [-0.1, -0.05) is 22.8 Å². The number of halogens is 8. The minimum absolute atomic E-state index is 0.0356. The highest BCUT2D eigenvalue weighted by Crippen LogP contribution is 2.51. The highest BCUT2D eigenvalue weighted by molar-refractivity contribution is 7.99. The van der Waals surface area contributed by atoms with E-state index in [1.165, 1.54) is 18.2 Å². The molecule has 0 aromatic heterocycles. The maximum atomic E-state index is 14.7. The van der Waals surface area contributed by atoms with E-state index in [0.29, 0.717) is 16.4 Å². The zero-order chi connectivity index (χ0) is 27.3. The van der Waals surface area contributed by atoms with Crippen molar-refractivity contribution in [1.82, 2.24) is 5.32 Å². The summed E-state index contributed by atoms with van der Waals surface area (Å²) in [5, 5.41) is 5.73. The van der Waals surface area contributed by atoms with Crippen LogP contribution in [-0.2, 0) is 16.6 Å². The molecule has 13 heteroatoms. The van der Waals surface area contributed by atoms with Gasteiger partial charge in [0.1, 0.15) is 5.82 Å². The average Bonchev–Trinajstić information content (AvgIpc) is 3.23. The molecule has 1 aliphatic carbocycles. The molecule has 1 unspecified atom stereocenters. The predicted molar refractivity (Wildman–Crippen MR) is 125 cm³/mol. The van der Waals surface area contributed by atoms with E-state index in [0.717, 1.165) is 12.8 Å². The quantitative estimate of drug-likeness (QED) is 0.395. The number of hydrogen-bond donors (Lipinski definition) is 1. The molecule has 4 rings (SSSR count). The SMILES string of the molecule is CSC1CC(NC(=O)c2ccc(C3=NOC(c4cc(C(F)(F)F)cc(Cl)c4F)(C(F)(F)F)C3)cc2C)C1. The van der Waals surface area contributed by atoms with Crippen LogP contribution in [0, 0.1) is 12.7 Å². The molecule has 2 aromatic carbocycles. The summed E-state index contributed by atoms with van der Waals surface area (Å²) in [5.74, 6) is -2.02. The molecular formula is C24H20ClF7N2O2S. The third-order valence-corrected chi connectivity index (χ3v) is 7.87. The van der Waals surface area contributed by atoms with Crippen LogP contribution in [0.4, 0.5) is 30.7 Å². The highest BCUT2D eigenvalue weighted by atomic mass is 35.5. The van der Waals surface area contributed by atoms with E-state index in [1.54, 1.807) is 18.7 Å². The molecule has 1 saturated carbocycles. The number of benzene rings is 2. The number of aryl methyl sites for hydroxylation is 1. The van der Waals surface area contributed by atoms with E-state index < -0.39 is 46.3 Å². The van der Waals surface area contributed by atoms with Gasteiger partial charge in [-0.3, -0.25) is 4.79 Å². The first-order chi connectivity index (χ1) is 17.2. The number of nitrogens with one attached hydrogen (secondary N) is 1. The second-order valence-corrected chi connectivity index (χ2v) is 10.5. The van der Waals surface area contributed by atoms with Gasteiger partial charge in [-0.15, -0.1) is 0 Å². The minimum atomic E-state index is -5.35. The first-order valence-electron chi connectivity index (χ1n) is 11.0. The van der Waals surface area contributed by atoms with E-state index >= 15 is 0 Å². The van der Waals surface area contributed by atoms with Gasteiger partial charge in [0.25, 0.3) is 11.5 Å². The summed E-state index contributed by atoms with van der Waals surface area (Å²) in [4.78, 5) is 17.3. The van der Waals surface area contributed by atoms with Crippen molar-refractivity contribution in [3.05, 3.63) is 69.0 Å². The molecule has 2 aliphatic rings. The molecule has 0 radical (unpaired) electrons. The van der Waals surface area contributed by atoms with E-state index in [2.05, 4.69) is 10.5 Å². The lowest BCUT2D eigenvalue weighted by Crippen LogP contribution is -2.45. The molecule has 0 spiro atoms. The van der Waals surface area contributed by atoms with Crippen molar-refractivity contribution in [2.75, 3.05) is 6.26 Å². The number of rotatable bonds is 5. The van der Waals surface area contributed by atoms with Gasteiger partial charge < -0.3 is 10.2 Å². The fourth-order valence-corrected chi connectivity index (χ4v) is 5.39. The Balaban J connectivity index is 1.62. The van der Waals surface area contributed by atoms with Crippen LogP contribution >= 0.6 is 23.4 Å². The predicted octanol–water partition coefficient (Wildman–Crippen LogP) is 7.01. The van der Waals surface area contributed by atoms with E-state index in [4.69, 9.17) is 16.4 Å². The van der Waals surface area contributed by atoms with Crippen molar-refractivity contribution in [2.45, 2.75) is 55.4 Å². The van der Waals surface area contributed by atoms with Crippen molar-refractivity contribution in [3.63, 3.8) is 0 Å².